The molecule has 0 unspecified atom stereocenters. The molecule has 3 aromatic rings. The van der Waals surface area contributed by atoms with Crippen LogP contribution < -0.4 is 0 Å². The fourth-order valence-corrected chi connectivity index (χ4v) is 1.98. The predicted octanol–water partition coefficient (Wildman–Crippen LogP) is 1.83. The van der Waals surface area contributed by atoms with E-state index in [0.29, 0.717) is 16.5 Å². The molecule has 0 saturated carbocycles. The zero-order valence-corrected chi connectivity index (χ0v) is 8.88. The van der Waals surface area contributed by atoms with Gasteiger partial charge in [0.2, 0.25) is 0 Å². The second-order valence-electron chi connectivity index (χ2n) is 3.43. The number of aldehydes is 1. The van der Waals surface area contributed by atoms with Crippen LogP contribution in [-0.2, 0) is 11.2 Å². The van der Waals surface area contributed by atoms with E-state index in [-0.39, 0.29) is 6.42 Å². The Morgan fingerprint density at radius 2 is 2.38 bits per heavy atom. The van der Waals surface area contributed by atoms with Crippen molar-refractivity contribution in [1.82, 2.24) is 19.9 Å². The van der Waals surface area contributed by atoms with Crippen LogP contribution in [0.4, 0.5) is 0 Å². The van der Waals surface area contributed by atoms with Gasteiger partial charge in [-0.2, -0.15) is 0 Å². The molecule has 0 aliphatic rings. The number of hydrogen-bond donors (Lipinski definition) is 2. The van der Waals surface area contributed by atoms with Crippen molar-refractivity contribution in [2.45, 2.75) is 6.42 Å². The summed E-state index contributed by atoms with van der Waals surface area (Å²) in [5.74, 6) is 0.622. The Hall–Kier alpha value is -1.88. The Bertz CT molecular complexity index is 685. The number of aromatic nitrogens is 4. The minimum absolute atomic E-state index is 0.262. The van der Waals surface area contributed by atoms with Gasteiger partial charge in [-0.1, -0.05) is 11.6 Å². The molecule has 6 heteroatoms. The molecule has 0 aliphatic heterocycles. The van der Waals surface area contributed by atoms with E-state index in [9.17, 15) is 4.79 Å². The molecule has 0 spiro atoms. The van der Waals surface area contributed by atoms with Crippen LogP contribution >= 0.6 is 11.6 Å². The fourth-order valence-electron chi connectivity index (χ4n) is 1.74. The second kappa shape index (κ2) is 3.31. The van der Waals surface area contributed by atoms with Gasteiger partial charge in [-0.25, -0.2) is 9.97 Å². The normalized spacial score (nSPS) is 11.3. The van der Waals surface area contributed by atoms with Crippen molar-refractivity contribution in [3.8, 4) is 0 Å². The van der Waals surface area contributed by atoms with E-state index in [0.717, 1.165) is 22.7 Å². The summed E-state index contributed by atoms with van der Waals surface area (Å²) in [6.45, 7) is 0. The van der Waals surface area contributed by atoms with Crippen molar-refractivity contribution in [3.63, 3.8) is 0 Å². The highest BCUT2D eigenvalue weighted by Gasteiger charge is 2.11. The van der Waals surface area contributed by atoms with Crippen molar-refractivity contribution in [2.24, 2.45) is 0 Å². The molecule has 5 nitrogen and oxygen atoms in total. The summed E-state index contributed by atoms with van der Waals surface area (Å²) >= 11 is 6.04. The van der Waals surface area contributed by atoms with E-state index >= 15 is 0 Å². The summed E-state index contributed by atoms with van der Waals surface area (Å²) in [4.78, 5) is 24.9. The summed E-state index contributed by atoms with van der Waals surface area (Å²) in [5.41, 5.74) is 2.22. The lowest BCUT2D eigenvalue weighted by Crippen LogP contribution is -1.86. The Morgan fingerprint density at radius 1 is 1.50 bits per heavy atom. The largest absolute Gasteiger partial charge is 0.345 e. The zero-order valence-electron chi connectivity index (χ0n) is 8.12. The lowest BCUT2D eigenvalue weighted by Gasteiger charge is -1.90. The van der Waals surface area contributed by atoms with E-state index in [1.807, 2.05) is 0 Å². The maximum Gasteiger partial charge on any atom is 0.141 e. The van der Waals surface area contributed by atoms with E-state index in [1.165, 1.54) is 0 Å². The van der Waals surface area contributed by atoms with E-state index < -0.39 is 0 Å². The first-order valence-corrected chi connectivity index (χ1v) is 5.11. The highest BCUT2D eigenvalue weighted by molar-refractivity contribution is 6.37. The number of hydrogen-bond acceptors (Lipinski definition) is 3. The molecule has 0 radical (unpaired) electrons. The van der Waals surface area contributed by atoms with Gasteiger partial charge in [0.15, 0.2) is 0 Å². The average Bonchev–Trinajstić information content (AvgIpc) is 2.82. The van der Waals surface area contributed by atoms with Gasteiger partial charge in [0.05, 0.1) is 28.5 Å². The standard InChI is InChI=1S/C10H7ClN4O/c11-5-3-12-10-8(5)9-6(4-13-10)14-7(15-9)1-2-16/h2-4H,1H2,(H,12,13)(H,14,15). The Labute approximate surface area is 94.8 Å². The first-order valence-electron chi connectivity index (χ1n) is 4.73. The Balaban J connectivity index is 2.39. The summed E-state index contributed by atoms with van der Waals surface area (Å²) < 4.78 is 0. The van der Waals surface area contributed by atoms with Gasteiger partial charge in [0.1, 0.15) is 23.3 Å². The molecule has 3 heterocycles. The van der Waals surface area contributed by atoms with Crippen LogP contribution in [-0.4, -0.2) is 26.2 Å². The molecule has 3 aromatic heterocycles. The van der Waals surface area contributed by atoms with Crippen LogP contribution in [0, 0.1) is 0 Å². The number of carbonyl (C=O) groups excluding carboxylic acids is 1. The number of carbonyl (C=O) groups is 1. The lowest BCUT2D eigenvalue weighted by atomic mass is 10.3. The van der Waals surface area contributed by atoms with E-state index in [2.05, 4.69) is 19.9 Å². The van der Waals surface area contributed by atoms with Gasteiger partial charge in [0.25, 0.3) is 0 Å². The molecule has 0 fully saturated rings. The summed E-state index contributed by atoms with van der Waals surface area (Å²) in [5, 5.41) is 1.37. The van der Waals surface area contributed by atoms with Gasteiger partial charge >= 0.3 is 0 Å². The highest BCUT2D eigenvalue weighted by Crippen LogP contribution is 2.27. The summed E-state index contributed by atoms with van der Waals surface area (Å²) in [6.07, 6.45) is 4.41. The summed E-state index contributed by atoms with van der Waals surface area (Å²) in [6, 6.07) is 0. The smallest absolute Gasteiger partial charge is 0.141 e. The number of nitrogens with one attached hydrogen (secondary N) is 2. The lowest BCUT2D eigenvalue weighted by molar-refractivity contribution is -0.107. The molecule has 80 valence electrons. The Kier molecular flexibility index (Phi) is 1.94. The molecule has 0 aliphatic carbocycles. The third-order valence-electron chi connectivity index (χ3n) is 2.43. The first-order chi connectivity index (χ1) is 7.79. The van der Waals surface area contributed by atoms with Crippen molar-refractivity contribution in [2.75, 3.05) is 0 Å². The fraction of sp³-hybridized carbons (Fsp3) is 0.100. The summed E-state index contributed by atoms with van der Waals surface area (Å²) in [7, 11) is 0. The molecule has 0 saturated heterocycles. The van der Waals surface area contributed by atoms with Crippen LogP contribution in [0.1, 0.15) is 5.82 Å². The first kappa shape index (κ1) is 9.35. The molecule has 0 bridgehead atoms. The topological polar surface area (TPSA) is 74.4 Å². The van der Waals surface area contributed by atoms with Crippen LogP contribution in [0.15, 0.2) is 12.4 Å². The van der Waals surface area contributed by atoms with Crippen LogP contribution in [0.2, 0.25) is 5.02 Å². The van der Waals surface area contributed by atoms with E-state index in [4.69, 9.17) is 11.6 Å². The molecule has 0 atom stereocenters. The van der Waals surface area contributed by atoms with Gasteiger partial charge in [0, 0.05) is 6.20 Å². The number of H-pyrrole nitrogens is 2. The molecular weight excluding hydrogens is 228 g/mol. The molecule has 0 aromatic carbocycles. The van der Waals surface area contributed by atoms with Crippen LogP contribution in [0.5, 0.6) is 0 Å². The third kappa shape index (κ3) is 1.22. The third-order valence-corrected chi connectivity index (χ3v) is 2.73. The number of aromatic amines is 2. The minimum Gasteiger partial charge on any atom is -0.345 e. The number of imidazole rings is 1. The van der Waals surface area contributed by atoms with Gasteiger partial charge < -0.3 is 14.8 Å². The van der Waals surface area contributed by atoms with Crippen molar-refractivity contribution in [1.29, 1.82) is 0 Å². The second-order valence-corrected chi connectivity index (χ2v) is 3.84. The predicted molar refractivity (Wildman–Crippen MR) is 60.5 cm³/mol. The highest BCUT2D eigenvalue weighted by atomic mass is 35.5. The Morgan fingerprint density at radius 3 is 3.19 bits per heavy atom. The quantitative estimate of drug-likeness (QED) is 0.665. The molecule has 3 rings (SSSR count). The maximum absolute atomic E-state index is 10.4. The monoisotopic (exact) mass is 234 g/mol. The van der Waals surface area contributed by atoms with Crippen molar-refractivity contribution >= 4 is 40.0 Å². The maximum atomic E-state index is 10.4. The SMILES string of the molecule is O=CCc1nc2c(cnc3[nH]cc(Cl)c32)[nH]1. The van der Waals surface area contributed by atoms with Crippen LogP contribution in [0.3, 0.4) is 0 Å². The molecule has 0 amide bonds. The van der Waals surface area contributed by atoms with Crippen molar-refractivity contribution < 1.29 is 4.79 Å². The molecule has 2 N–H and O–H groups in total. The van der Waals surface area contributed by atoms with Crippen molar-refractivity contribution in [3.05, 3.63) is 23.2 Å². The molecule has 16 heavy (non-hydrogen) atoms. The van der Waals surface area contributed by atoms with Crippen LogP contribution in [0.25, 0.3) is 22.1 Å². The molecular formula is C10H7ClN4O. The number of halogens is 1. The van der Waals surface area contributed by atoms with Gasteiger partial charge in [-0.3, -0.25) is 0 Å². The van der Waals surface area contributed by atoms with Gasteiger partial charge in [-0.05, 0) is 0 Å². The number of nitrogens with zero attached hydrogens (tertiary/aromatic N) is 2. The van der Waals surface area contributed by atoms with E-state index in [1.54, 1.807) is 12.4 Å². The number of pyridine rings is 1. The number of fused-ring (bicyclic) bond motifs is 3. The number of rotatable bonds is 2. The average molecular weight is 235 g/mol. The van der Waals surface area contributed by atoms with Gasteiger partial charge in [-0.15, -0.1) is 0 Å². The zero-order chi connectivity index (χ0) is 11.1. The minimum atomic E-state index is 0.262.